The second-order valence-corrected chi connectivity index (χ2v) is 6.70. The van der Waals surface area contributed by atoms with Crippen molar-refractivity contribution in [3.63, 3.8) is 0 Å². The van der Waals surface area contributed by atoms with Crippen LogP contribution in [-0.2, 0) is 21.9 Å². The smallest absolute Gasteiger partial charge is 0.355 e. The van der Waals surface area contributed by atoms with E-state index in [0.717, 1.165) is 30.5 Å². The molecule has 5 nitrogen and oxygen atoms in total. The van der Waals surface area contributed by atoms with Crippen LogP contribution in [-0.4, -0.2) is 23.3 Å². The van der Waals surface area contributed by atoms with E-state index in [1.54, 1.807) is 0 Å². The van der Waals surface area contributed by atoms with Crippen molar-refractivity contribution in [2.24, 2.45) is 5.92 Å². The van der Waals surface area contributed by atoms with Crippen LogP contribution in [0, 0.1) is 5.92 Å². The molecule has 0 spiro atoms. The summed E-state index contributed by atoms with van der Waals surface area (Å²) < 4.78 is 79.0. The lowest BCUT2D eigenvalue weighted by Gasteiger charge is -2.24. The Bertz CT molecular complexity index is 941. The molecule has 0 bridgehead atoms. The Kier molecular flexibility index (Phi) is 5.73. The van der Waals surface area contributed by atoms with Gasteiger partial charge >= 0.3 is 12.4 Å². The van der Waals surface area contributed by atoms with E-state index in [9.17, 15) is 35.9 Å². The van der Waals surface area contributed by atoms with Gasteiger partial charge in [0.25, 0.3) is 0 Å². The third-order valence-corrected chi connectivity index (χ3v) is 4.62. The molecule has 1 saturated heterocycles. The van der Waals surface area contributed by atoms with E-state index < -0.39 is 47.0 Å². The van der Waals surface area contributed by atoms with Crippen LogP contribution in [0.3, 0.4) is 0 Å². The summed E-state index contributed by atoms with van der Waals surface area (Å²) in [6.07, 6.45) is -8.48. The highest BCUT2D eigenvalue weighted by Gasteiger charge is 2.38. The van der Waals surface area contributed by atoms with E-state index in [-0.39, 0.29) is 24.4 Å². The summed E-state index contributed by atoms with van der Waals surface area (Å²) in [5.74, 6) is -1.90. The molecule has 1 aliphatic rings. The summed E-state index contributed by atoms with van der Waals surface area (Å²) in [5, 5.41) is 4.85. The van der Waals surface area contributed by atoms with E-state index in [0.29, 0.717) is 12.1 Å². The number of benzene rings is 1. The lowest BCUT2D eigenvalue weighted by molar-refractivity contribution is -0.139. The van der Waals surface area contributed by atoms with Crippen molar-refractivity contribution in [3.05, 3.63) is 65.0 Å². The zero-order chi connectivity index (χ0) is 22.1. The van der Waals surface area contributed by atoms with Crippen LogP contribution in [0.2, 0.25) is 0 Å². The molecular formula is C19H15F6N3O2. The van der Waals surface area contributed by atoms with Crippen molar-refractivity contribution in [2.45, 2.75) is 24.8 Å². The second kappa shape index (κ2) is 7.96. The molecule has 2 aromatic rings. The number of rotatable bonds is 4. The summed E-state index contributed by atoms with van der Waals surface area (Å²) in [5.41, 5.74) is -2.69. The van der Waals surface area contributed by atoms with Crippen LogP contribution >= 0.6 is 0 Å². The van der Waals surface area contributed by atoms with Crippen LogP contribution in [0.4, 0.5) is 26.3 Å². The Morgan fingerprint density at radius 2 is 1.73 bits per heavy atom. The summed E-state index contributed by atoms with van der Waals surface area (Å²) in [6, 6.07) is 3.77. The first-order chi connectivity index (χ1) is 14.0. The van der Waals surface area contributed by atoms with E-state index in [1.807, 2.05) is 0 Å². The quantitative estimate of drug-likeness (QED) is 0.729. The maximum atomic E-state index is 13.5. The summed E-state index contributed by atoms with van der Waals surface area (Å²) in [7, 11) is 0. The molecule has 2 N–H and O–H groups in total. The highest BCUT2D eigenvalue weighted by Crippen LogP contribution is 2.36. The number of carbonyl (C=O) groups is 2. The van der Waals surface area contributed by atoms with Gasteiger partial charge in [-0.25, -0.2) is 0 Å². The molecule has 0 radical (unpaired) electrons. The molecule has 0 aliphatic carbocycles. The summed E-state index contributed by atoms with van der Waals surface area (Å²) in [6.45, 7) is 0.0126. The second-order valence-electron chi connectivity index (χ2n) is 6.70. The molecule has 1 aromatic heterocycles. The molecule has 2 heterocycles. The molecule has 3 rings (SSSR count). The van der Waals surface area contributed by atoms with Crippen molar-refractivity contribution < 1.29 is 35.9 Å². The first-order valence-electron chi connectivity index (χ1n) is 8.73. The fraction of sp³-hybridized carbons (Fsp3) is 0.316. The van der Waals surface area contributed by atoms with E-state index in [4.69, 9.17) is 0 Å². The van der Waals surface area contributed by atoms with Gasteiger partial charge in [-0.1, -0.05) is 12.1 Å². The fourth-order valence-electron chi connectivity index (χ4n) is 3.11. The first-order valence-corrected chi connectivity index (χ1v) is 8.73. The molecule has 30 heavy (non-hydrogen) atoms. The number of pyridine rings is 1. The number of aromatic nitrogens is 1. The lowest BCUT2D eigenvalue weighted by atomic mass is 9.96. The topological polar surface area (TPSA) is 71.1 Å². The predicted octanol–water partition coefficient (Wildman–Crippen LogP) is 3.46. The minimum atomic E-state index is -4.80. The molecule has 11 heteroatoms. The Balaban J connectivity index is 2.02. The Labute approximate surface area is 166 Å². The van der Waals surface area contributed by atoms with Crippen molar-refractivity contribution in [3.8, 4) is 0 Å². The summed E-state index contributed by atoms with van der Waals surface area (Å²) in [4.78, 5) is 27.6. The molecule has 1 unspecified atom stereocenters. The average molecular weight is 431 g/mol. The van der Waals surface area contributed by atoms with Gasteiger partial charge in [0, 0.05) is 19.2 Å². The van der Waals surface area contributed by atoms with Gasteiger partial charge in [0.15, 0.2) is 0 Å². The number of carbonyl (C=O) groups excluding carboxylic acids is 2. The largest absolute Gasteiger partial charge is 0.418 e. The Morgan fingerprint density at radius 1 is 1.07 bits per heavy atom. The molecule has 1 aliphatic heterocycles. The average Bonchev–Trinajstić information content (AvgIpc) is 3.11. The molecule has 160 valence electrons. The fourth-order valence-corrected chi connectivity index (χ4v) is 3.11. The lowest BCUT2D eigenvalue weighted by Crippen LogP contribution is -2.36. The minimum absolute atomic E-state index is 0.0126. The van der Waals surface area contributed by atoms with Gasteiger partial charge < -0.3 is 10.6 Å². The maximum Gasteiger partial charge on any atom is 0.418 e. The highest BCUT2D eigenvalue weighted by atomic mass is 19.4. The van der Waals surface area contributed by atoms with Crippen LogP contribution in [0.25, 0.3) is 0 Å². The number of nitrogens with one attached hydrogen (secondary N) is 2. The number of nitrogens with zero attached hydrogens (tertiary/aromatic N) is 1. The summed E-state index contributed by atoms with van der Waals surface area (Å²) >= 11 is 0. The molecule has 0 saturated carbocycles. The number of hydrogen-bond donors (Lipinski definition) is 2. The molecule has 1 aromatic carbocycles. The van der Waals surface area contributed by atoms with Crippen LogP contribution in [0.1, 0.15) is 34.8 Å². The molecule has 2 amide bonds. The number of amides is 2. The maximum absolute atomic E-state index is 13.5. The van der Waals surface area contributed by atoms with Crippen molar-refractivity contribution >= 4 is 11.8 Å². The molecule has 1 fully saturated rings. The van der Waals surface area contributed by atoms with Crippen molar-refractivity contribution in [2.75, 3.05) is 6.54 Å². The van der Waals surface area contributed by atoms with Gasteiger partial charge in [-0.2, -0.15) is 26.3 Å². The van der Waals surface area contributed by atoms with Gasteiger partial charge in [-0.15, -0.1) is 0 Å². The van der Waals surface area contributed by atoms with Crippen LogP contribution in [0.5, 0.6) is 0 Å². The third kappa shape index (κ3) is 4.71. The van der Waals surface area contributed by atoms with Gasteiger partial charge in [-0.3, -0.25) is 14.6 Å². The van der Waals surface area contributed by atoms with Gasteiger partial charge in [0.1, 0.15) is 0 Å². The Hall–Kier alpha value is -3.11. The third-order valence-electron chi connectivity index (χ3n) is 4.62. The Morgan fingerprint density at radius 3 is 2.27 bits per heavy atom. The van der Waals surface area contributed by atoms with Crippen molar-refractivity contribution in [1.29, 1.82) is 0 Å². The minimum Gasteiger partial charge on any atom is -0.355 e. The van der Waals surface area contributed by atoms with E-state index >= 15 is 0 Å². The van der Waals surface area contributed by atoms with Gasteiger partial charge in [0.2, 0.25) is 11.8 Å². The number of halogens is 6. The first kappa shape index (κ1) is 21.6. The van der Waals surface area contributed by atoms with Gasteiger partial charge in [-0.05, 0) is 29.8 Å². The number of hydrogen-bond acceptors (Lipinski definition) is 3. The van der Waals surface area contributed by atoms with Crippen LogP contribution < -0.4 is 10.6 Å². The molecular weight excluding hydrogens is 416 g/mol. The standard InChI is InChI=1S/C19H15F6N3O2/c20-18(21,22)12-5-3-10(4-6-12)15(28-17(30)11-8-14(29)27-9-11)16-13(19(23,24)25)2-1-7-26-16/h1-7,11,15H,8-9H2,(H,27,29)(H,28,30)/t11?,15-/m0/s1. The zero-order valence-electron chi connectivity index (χ0n) is 15.1. The van der Waals surface area contributed by atoms with E-state index in [2.05, 4.69) is 15.6 Å². The molecule has 2 atom stereocenters. The van der Waals surface area contributed by atoms with Crippen LogP contribution in [0.15, 0.2) is 42.6 Å². The normalized spacial score (nSPS) is 18.1. The monoisotopic (exact) mass is 431 g/mol. The predicted molar refractivity (Wildman–Crippen MR) is 91.8 cm³/mol. The zero-order valence-corrected chi connectivity index (χ0v) is 15.1. The van der Waals surface area contributed by atoms with E-state index in [1.165, 1.54) is 0 Å². The van der Waals surface area contributed by atoms with Gasteiger partial charge in [0.05, 0.1) is 28.8 Å². The SMILES string of the molecule is O=C1CC(C(=O)N[C@@H](c2ccc(C(F)(F)F)cc2)c2ncccc2C(F)(F)F)CN1. The highest BCUT2D eigenvalue weighted by molar-refractivity contribution is 5.89. The number of alkyl halides is 6. The van der Waals surface area contributed by atoms with Crippen molar-refractivity contribution in [1.82, 2.24) is 15.6 Å².